The predicted octanol–water partition coefficient (Wildman–Crippen LogP) is 3.72. The monoisotopic (exact) mass is 488 g/mol. The second kappa shape index (κ2) is 9.44. The number of carbonyl (C=O) groups is 1. The molecule has 0 atom stereocenters. The number of H-pyrrole nitrogens is 1. The van der Waals surface area contributed by atoms with Crippen molar-refractivity contribution < 1.29 is 27.1 Å². The number of hydrogen-bond acceptors (Lipinski definition) is 7. The van der Waals surface area contributed by atoms with Gasteiger partial charge in [-0.15, -0.1) is 0 Å². The summed E-state index contributed by atoms with van der Waals surface area (Å²) in [6.07, 6.45) is -2.19. The largest absolute Gasteiger partial charge is 0.467 e. The molecule has 0 radical (unpaired) electrons. The third-order valence-corrected chi connectivity index (χ3v) is 4.47. The molecular weight excluding hydrogens is 472 g/mol. The smallest absolute Gasteiger partial charge is 0.435 e. The van der Waals surface area contributed by atoms with Crippen molar-refractivity contribution in [3.8, 4) is 6.01 Å². The molecule has 33 heavy (non-hydrogen) atoms. The van der Waals surface area contributed by atoms with Crippen LogP contribution in [-0.2, 0) is 12.7 Å². The van der Waals surface area contributed by atoms with E-state index in [-0.39, 0.29) is 35.4 Å². The number of urea groups is 1. The number of nitrogens with zero attached hydrogens (tertiary/aromatic N) is 6. The lowest BCUT2D eigenvalue weighted by atomic mass is 10.3. The van der Waals surface area contributed by atoms with Gasteiger partial charge < -0.3 is 9.64 Å². The summed E-state index contributed by atoms with van der Waals surface area (Å²) in [6.45, 7) is -0.361. The summed E-state index contributed by atoms with van der Waals surface area (Å²) in [4.78, 5) is 27.1. The van der Waals surface area contributed by atoms with Crippen LogP contribution in [0.2, 0.25) is 5.15 Å². The maximum atomic E-state index is 14.2. The molecule has 3 rings (SSSR count). The Morgan fingerprint density at radius 1 is 1.24 bits per heavy atom. The highest BCUT2D eigenvalue weighted by atomic mass is 35.5. The van der Waals surface area contributed by atoms with E-state index in [9.17, 15) is 22.4 Å². The molecule has 0 unspecified atom stereocenters. The summed E-state index contributed by atoms with van der Waals surface area (Å²) in [6, 6.07) is 1.20. The summed E-state index contributed by atoms with van der Waals surface area (Å²) in [7, 11) is 4.48. The number of carbonyl (C=O) groups excluding carboxylic acids is 1. The van der Waals surface area contributed by atoms with Gasteiger partial charge in [0.2, 0.25) is 0 Å². The first-order valence-electron chi connectivity index (χ1n) is 9.09. The average Bonchev–Trinajstić information content (AvgIpc) is 3.23. The van der Waals surface area contributed by atoms with Crippen molar-refractivity contribution in [2.24, 2.45) is 0 Å². The average molecular weight is 489 g/mol. The molecule has 0 aliphatic carbocycles. The van der Waals surface area contributed by atoms with Crippen LogP contribution in [0.4, 0.5) is 39.5 Å². The van der Waals surface area contributed by atoms with Crippen LogP contribution in [-0.4, -0.2) is 52.4 Å². The van der Waals surface area contributed by atoms with Gasteiger partial charge in [0.15, 0.2) is 16.7 Å². The normalized spacial score (nSPS) is 11.3. The first-order valence-corrected chi connectivity index (χ1v) is 9.46. The van der Waals surface area contributed by atoms with Gasteiger partial charge in [0.05, 0.1) is 43.1 Å². The van der Waals surface area contributed by atoms with Gasteiger partial charge in [0.25, 0.3) is 0 Å². The topological polar surface area (TPSA) is 112 Å². The van der Waals surface area contributed by atoms with Crippen molar-refractivity contribution in [2.75, 3.05) is 36.3 Å². The lowest BCUT2D eigenvalue weighted by molar-refractivity contribution is -0.141. The number of anilines is 3. The van der Waals surface area contributed by atoms with Crippen molar-refractivity contribution in [1.82, 2.24) is 25.1 Å². The number of halogens is 5. The number of methoxy groups -OCH3 is 1. The zero-order valence-corrected chi connectivity index (χ0v) is 18.2. The third kappa shape index (κ3) is 5.58. The molecule has 0 bridgehead atoms. The number of nitrogens with one attached hydrogen (secondary N) is 2. The number of alkyl halides is 3. The molecule has 2 N–H and O–H groups in total. The highest BCUT2D eigenvalue weighted by Gasteiger charge is 2.34. The van der Waals surface area contributed by atoms with Crippen LogP contribution in [0.1, 0.15) is 11.4 Å². The van der Waals surface area contributed by atoms with Gasteiger partial charge in [0, 0.05) is 20.2 Å². The number of ether oxygens (including phenoxy) is 1. The van der Waals surface area contributed by atoms with Gasteiger partial charge in [-0.2, -0.15) is 18.3 Å². The number of hydrogen-bond donors (Lipinski definition) is 2. The highest BCUT2D eigenvalue weighted by Crippen LogP contribution is 2.29. The molecule has 0 spiro atoms. The highest BCUT2D eigenvalue weighted by molar-refractivity contribution is 6.30. The fraction of sp³-hybridized carbons (Fsp3) is 0.278. The maximum absolute atomic E-state index is 14.2. The lowest BCUT2D eigenvalue weighted by Crippen LogP contribution is -2.35. The van der Waals surface area contributed by atoms with E-state index in [0.717, 1.165) is 11.0 Å². The molecule has 0 saturated carbocycles. The minimum Gasteiger partial charge on any atom is -0.467 e. The molecule has 0 aliphatic heterocycles. The molecule has 2 amide bonds. The van der Waals surface area contributed by atoms with Gasteiger partial charge in [-0.3, -0.25) is 15.3 Å². The van der Waals surface area contributed by atoms with Crippen molar-refractivity contribution in [2.45, 2.75) is 12.7 Å². The van der Waals surface area contributed by atoms with E-state index >= 15 is 0 Å². The van der Waals surface area contributed by atoms with E-state index in [2.05, 4.69) is 30.5 Å². The second-order valence-electron chi connectivity index (χ2n) is 6.75. The van der Waals surface area contributed by atoms with Crippen LogP contribution in [0.25, 0.3) is 0 Å². The SMILES string of the molecule is COc1ncc(N(Cc2cc(C(F)(F)F)n[nH]2)C(=O)Nc2cc(N(C)C)c(F)c(Cl)n2)cn1. The molecule has 3 heterocycles. The fourth-order valence-electron chi connectivity index (χ4n) is 2.64. The molecule has 0 aromatic carbocycles. The minimum absolute atomic E-state index is 0.0163. The zero-order chi connectivity index (χ0) is 24.3. The van der Waals surface area contributed by atoms with Crippen LogP contribution in [0.15, 0.2) is 24.5 Å². The van der Waals surface area contributed by atoms with Crippen LogP contribution in [0, 0.1) is 5.82 Å². The molecule has 0 aliphatic rings. The zero-order valence-electron chi connectivity index (χ0n) is 17.4. The predicted molar refractivity (Wildman–Crippen MR) is 111 cm³/mol. The Hall–Kier alpha value is -3.68. The number of aromatic nitrogens is 5. The van der Waals surface area contributed by atoms with E-state index in [0.29, 0.717) is 0 Å². The molecule has 3 aromatic rings. The van der Waals surface area contributed by atoms with E-state index < -0.39 is 28.9 Å². The van der Waals surface area contributed by atoms with E-state index in [1.807, 2.05) is 0 Å². The summed E-state index contributed by atoms with van der Waals surface area (Å²) in [5.74, 6) is -0.868. The number of amides is 2. The van der Waals surface area contributed by atoms with Crippen LogP contribution >= 0.6 is 11.6 Å². The quantitative estimate of drug-likeness (QED) is 0.401. The summed E-state index contributed by atoms with van der Waals surface area (Å²) >= 11 is 5.82. The Kier molecular flexibility index (Phi) is 6.86. The van der Waals surface area contributed by atoms with Gasteiger partial charge in [-0.25, -0.2) is 24.1 Å². The Bertz CT molecular complexity index is 1140. The van der Waals surface area contributed by atoms with Gasteiger partial charge >= 0.3 is 18.2 Å². The van der Waals surface area contributed by atoms with E-state index in [1.165, 1.54) is 30.5 Å². The van der Waals surface area contributed by atoms with E-state index in [1.54, 1.807) is 14.1 Å². The number of aromatic amines is 1. The van der Waals surface area contributed by atoms with Crippen LogP contribution in [0.5, 0.6) is 6.01 Å². The molecule has 10 nitrogen and oxygen atoms in total. The van der Waals surface area contributed by atoms with Crippen LogP contribution in [0.3, 0.4) is 0 Å². The van der Waals surface area contributed by atoms with Crippen molar-refractivity contribution >= 4 is 34.8 Å². The Morgan fingerprint density at radius 2 is 1.91 bits per heavy atom. The molecule has 0 fully saturated rings. The Balaban J connectivity index is 1.93. The summed E-state index contributed by atoms with van der Waals surface area (Å²) < 4.78 is 57.7. The molecule has 0 saturated heterocycles. The number of pyridine rings is 1. The minimum atomic E-state index is -4.66. The van der Waals surface area contributed by atoms with Crippen molar-refractivity contribution in [1.29, 1.82) is 0 Å². The lowest BCUT2D eigenvalue weighted by Gasteiger charge is -2.22. The van der Waals surface area contributed by atoms with Gasteiger partial charge in [-0.1, -0.05) is 11.6 Å². The molecule has 15 heteroatoms. The van der Waals surface area contributed by atoms with Gasteiger partial charge in [0.1, 0.15) is 5.82 Å². The summed E-state index contributed by atoms with van der Waals surface area (Å²) in [5.41, 5.74) is -0.982. The standard InChI is InChI=1S/C18H17ClF4N8O2/c1-30(2)11-5-13(26-15(19)14(11)20)27-17(32)31(10-6-24-16(33-3)25-7-10)8-9-4-12(29-28-9)18(21,22)23/h4-7H,8H2,1-3H3,(H,28,29)(H,26,27,32). The summed E-state index contributed by atoms with van der Waals surface area (Å²) in [5, 5.41) is 7.44. The van der Waals surface area contributed by atoms with Crippen molar-refractivity contribution in [3.63, 3.8) is 0 Å². The second-order valence-corrected chi connectivity index (χ2v) is 7.10. The third-order valence-electron chi connectivity index (χ3n) is 4.22. The molecular formula is C18H17ClF4N8O2. The van der Waals surface area contributed by atoms with Crippen LogP contribution < -0.4 is 19.9 Å². The number of rotatable bonds is 6. The molecule has 3 aromatic heterocycles. The van der Waals surface area contributed by atoms with Gasteiger partial charge in [-0.05, 0) is 6.07 Å². The maximum Gasteiger partial charge on any atom is 0.435 e. The molecule has 176 valence electrons. The fourth-order valence-corrected chi connectivity index (χ4v) is 2.83. The Morgan fingerprint density at radius 3 is 2.45 bits per heavy atom. The first-order chi connectivity index (χ1) is 15.5. The first kappa shape index (κ1) is 24.0. The van der Waals surface area contributed by atoms with Crippen molar-refractivity contribution in [3.05, 3.63) is 46.9 Å². The Labute approximate surface area is 189 Å². The van der Waals surface area contributed by atoms with E-state index in [4.69, 9.17) is 16.3 Å².